The Balaban J connectivity index is 0.000000212. The first-order chi connectivity index (χ1) is 18.4. The number of nitrogen functional groups attached to an aromatic ring is 1. The standard InChI is InChI=1S/C15H15NO4.C15H17NO2/c1-3-11-8-9-14(15(10-11)19-2)20-13-7-5-4-6-12(13)16(17)18;1-3-11-8-9-14(15(10-11)17-2)18-13-7-5-4-6-12(13)16/h4-10H,3H2,1-2H3;4-10H,3,16H2,1-2H3. The van der Waals surface area contributed by atoms with Gasteiger partial charge in [0.25, 0.3) is 0 Å². The predicted molar refractivity (Wildman–Crippen MR) is 149 cm³/mol. The lowest BCUT2D eigenvalue weighted by atomic mass is 10.1. The van der Waals surface area contributed by atoms with Crippen LogP contribution < -0.4 is 24.7 Å². The number of rotatable bonds is 9. The number of benzene rings is 4. The molecule has 0 saturated carbocycles. The highest BCUT2D eigenvalue weighted by Crippen LogP contribution is 2.37. The van der Waals surface area contributed by atoms with E-state index in [-0.39, 0.29) is 11.4 Å². The van der Waals surface area contributed by atoms with Gasteiger partial charge in [-0.3, -0.25) is 10.1 Å². The van der Waals surface area contributed by atoms with E-state index in [1.807, 2.05) is 61.5 Å². The van der Waals surface area contributed by atoms with Gasteiger partial charge in [-0.1, -0.05) is 50.2 Å². The third-order valence-corrected chi connectivity index (χ3v) is 5.69. The number of para-hydroxylation sites is 4. The monoisotopic (exact) mass is 516 g/mol. The van der Waals surface area contributed by atoms with Gasteiger partial charge in [0, 0.05) is 6.07 Å². The summed E-state index contributed by atoms with van der Waals surface area (Å²) < 4.78 is 22.0. The van der Waals surface area contributed by atoms with Gasteiger partial charge in [-0.2, -0.15) is 0 Å². The fraction of sp³-hybridized carbons (Fsp3) is 0.200. The van der Waals surface area contributed by atoms with Crippen LogP contribution >= 0.6 is 0 Å². The summed E-state index contributed by atoms with van der Waals surface area (Å²) in [6, 6.07) is 25.1. The van der Waals surface area contributed by atoms with Gasteiger partial charge in [-0.25, -0.2) is 0 Å². The molecular weight excluding hydrogens is 484 g/mol. The molecule has 8 nitrogen and oxygen atoms in total. The fourth-order valence-electron chi connectivity index (χ4n) is 3.54. The number of ether oxygens (including phenoxy) is 4. The van der Waals surface area contributed by atoms with Crippen LogP contribution in [0.5, 0.6) is 34.5 Å². The van der Waals surface area contributed by atoms with E-state index in [1.165, 1.54) is 11.6 Å². The molecule has 4 aromatic rings. The largest absolute Gasteiger partial charge is 0.493 e. The molecule has 0 heterocycles. The number of methoxy groups -OCH3 is 2. The molecule has 4 rings (SSSR count). The zero-order valence-electron chi connectivity index (χ0n) is 22.0. The van der Waals surface area contributed by atoms with Crippen molar-refractivity contribution in [2.45, 2.75) is 26.7 Å². The second-order valence-corrected chi connectivity index (χ2v) is 8.14. The Labute approximate surface area is 222 Å². The van der Waals surface area contributed by atoms with E-state index in [1.54, 1.807) is 38.5 Å². The molecule has 0 aromatic heterocycles. The molecule has 0 atom stereocenters. The van der Waals surface area contributed by atoms with Crippen LogP contribution in [0.15, 0.2) is 84.9 Å². The average molecular weight is 517 g/mol. The number of aryl methyl sites for hydroxylation is 2. The Kier molecular flexibility index (Phi) is 9.93. The van der Waals surface area contributed by atoms with Gasteiger partial charge in [-0.15, -0.1) is 0 Å². The maximum Gasteiger partial charge on any atom is 0.311 e. The van der Waals surface area contributed by atoms with Gasteiger partial charge >= 0.3 is 5.69 Å². The van der Waals surface area contributed by atoms with E-state index in [0.29, 0.717) is 28.7 Å². The minimum Gasteiger partial charge on any atom is -0.493 e. The Hall–Kier alpha value is -4.72. The molecule has 198 valence electrons. The average Bonchev–Trinajstić information content (AvgIpc) is 2.95. The maximum atomic E-state index is 11.0. The van der Waals surface area contributed by atoms with Crippen molar-refractivity contribution in [3.8, 4) is 34.5 Å². The molecule has 0 spiro atoms. The molecule has 0 radical (unpaired) electrons. The molecule has 0 fully saturated rings. The number of hydrogen-bond acceptors (Lipinski definition) is 7. The number of nitro groups is 1. The first kappa shape index (κ1) is 27.9. The Morgan fingerprint density at radius 3 is 1.61 bits per heavy atom. The highest BCUT2D eigenvalue weighted by molar-refractivity contribution is 5.55. The molecule has 0 unspecified atom stereocenters. The Morgan fingerprint density at radius 2 is 1.13 bits per heavy atom. The van der Waals surface area contributed by atoms with E-state index in [9.17, 15) is 10.1 Å². The van der Waals surface area contributed by atoms with Crippen molar-refractivity contribution in [2.75, 3.05) is 20.0 Å². The molecule has 4 aromatic carbocycles. The lowest BCUT2D eigenvalue weighted by Gasteiger charge is -2.12. The summed E-state index contributed by atoms with van der Waals surface area (Å²) in [6.07, 6.45) is 1.84. The third-order valence-electron chi connectivity index (χ3n) is 5.69. The summed E-state index contributed by atoms with van der Waals surface area (Å²) in [7, 11) is 3.18. The number of nitrogens with two attached hydrogens (primary N) is 1. The summed E-state index contributed by atoms with van der Waals surface area (Å²) in [4.78, 5) is 10.5. The van der Waals surface area contributed by atoms with Crippen LogP contribution in [0.2, 0.25) is 0 Å². The van der Waals surface area contributed by atoms with Crippen molar-refractivity contribution in [2.24, 2.45) is 0 Å². The smallest absolute Gasteiger partial charge is 0.311 e. The normalized spacial score (nSPS) is 10.1. The van der Waals surface area contributed by atoms with E-state index in [2.05, 4.69) is 6.92 Å². The minimum absolute atomic E-state index is 0.0749. The molecule has 0 bridgehead atoms. The number of anilines is 1. The summed E-state index contributed by atoms with van der Waals surface area (Å²) in [5.74, 6) is 3.24. The highest BCUT2D eigenvalue weighted by Gasteiger charge is 2.16. The van der Waals surface area contributed by atoms with Gasteiger partial charge in [0.2, 0.25) is 5.75 Å². The van der Waals surface area contributed by atoms with E-state index < -0.39 is 4.92 Å². The number of hydrogen-bond donors (Lipinski definition) is 1. The quantitative estimate of drug-likeness (QED) is 0.139. The van der Waals surface area contributed by atoms with Crippen LogP contribution in [0, 0.1) is 10.1 Å². The first-order valence-electron chi connectivity index (χ1n) is 12.2. The molecule has 2 N–H and O–H groups in total. The zero-order chi connectivity index (χ0) is 27.5. The van der Waals surface area contributed by atoms with Crippen LogP contribution in [0.1, 0.15) is 25.0 Å². The van der Waals surface area contributed by atoms with E-state index in [4.69, 9.17) is 24.7 Å². The molecule has 0 aliphatic heterocycles. The SMILES string of the molecule is CCc1ccc(Oc2ccccc2N)c(OC)c1.CCc1ccc(Oc2ccccc2[N+](=O)[O-])c(OC)c1. The van der Waals surface area contributed by atoms with E-state index in [0.717, 1.165) is 24.2 Å². The maximum absolute atomic E-state index is 11.0. The molecule has 0 aliphatic carbocycles. The summed E-state index contributed by atoms with van der Waals surface area (Å²) >= 11 is 0. The molecule has 0 amide bonds. The molecule has 0 aliphatic rings. The van der Waals surface area contributed by atoms with Crippen molar-refractivity contribution >= 4 is 11.4 Å². The topological polar surface area (TPSA) is 106 Å². The van der Waals surface area contributed by atoms with Gasteiger partial charge in [0.15, 0.2) is 28.7 Å². The van der Waals surface area contributed by atoms with Crippen LogP contribution in [0.3, 0.4) is 0 Å². The second kappa shape index (κ2) is 13.5. The predicted octanol–water partition coefficient (Wildman–Crippen LogP) is 7.59. The van der Waals surface area contributed by atoms with Crippen molar-refractivity contribution in [3.63, 3.8) is 0 Å². The molecular formula is C30H32N2O6. The Morgan fingerprint density at radius 1 is 0.658 bits per heavy atom. The number of nitrogens with zero attached hydrogens (tertiary/aromatic N) is 1. The summed E-state index contributed by atoms with van der Waals surface area (Å²) in [6.45, 7) is 4.14. The van der Waals surface area contributed by atoms with Crippen molar-refractivity contribution in [1.29, 1.82) is 0 Å². The first-order valence-corrected chi connectivity index (χ1v) is 12.2. The highest BCUT2D eigenvalue weighted by atomic mass is 16.6. The molecule has 38 heavy (non-hydrogen) atoms. The van der Waals surface area contributed by atoms with E-state index >= 15 is 0 Å². The van der Waals surface area contributed by atoms with Crippen molar-refractivity contribution in [1.82, 2.24) is 0 Å². The van der Waals surface area contributed by atoms with Crippen molar-refractivity contribution < 1.29 is 23.9 Å². The van der Waals surface area contributed by atoms with Crippen molar-refractivity contribution in [3.05, 3.63) is 106 Å². The minimum atomic E-state index is -0.470. The van der Waals surface area contributed by atoms with Crippen LogP contribution in [0.25, 0.3) is 0 Å². The van der Waals surface area contributed by atoms with Gasteiger partial charge < -0.3 is 24.7 Å². The van der Waals surface area contributed by atoms with Gasteiger partial charge in [0.1, 0.15) is 0 Å². The van der Waals surface area contributed by atoms with Crippen LogP contribution in [-0.4, -0.2) is 19.1 Å². The lowest BCUT2D eigenvalue weighted by molar-refractivity contribution is -0.385. The second-order valence-electron chi connectivity index (χ2n) is 8.14. The van der Waals surface area contributed by atoms with Crippen LogP contribution in [0.4, 0.5) is 11.4 Å². The molecule has 0 saturated heterocycles. The molecule has 8 heteroatoms. The fourth-order valence-corrected chi connectivity index (χ4v) is 3.54. The van der Waals surface area contributed by atoms with Gasteiger partial charge in [0.05, 0.1) is 24.8 Å². The van der Waals surface area contributed by atoms with Crippen LogP contribution in [-0.2, 0) is 12.8 Å². The Bertz CT molecular complexity index is 1370. The zero-order valence-corrected chi connectivity index (χ0v) is 22.0. The summed E-state index contributed by atoms with van der Waals surface area (Å²) in [5, 5.41) is 11.0. The third kappa shape index (κ3) is 7.16. The number of nitro benzene ring substituents is 1. The van der Waals surface area contributed by atoms with Gasteiger partial charge in [-0.05, 0) is 66.4 Å². The summed E-state index contributed by atoms with van der Waals surface area (Å²) in [5.41, 5.74) is 8.70. The lowest BCUT2D eigenvalue weighted by Crippen LogP contribution is -1.95.